The molecule has 0 aromatic heterocycles. The minimum absolute atomic E-state index is 0.200. The number of carbonyl (C=O) groups is 2. The third-order valence-electron chi connectivity index (χ3n) is 2.58. The number of amides is 2. The van der Waals surface area contributed by atoms with E-state index in [-0.39, 0.29) is 11.6 Å². The second kappa shape index (κ2) is 7.04. The molecular weight excluding hydrogens is 280 g/mol. The molecule has 1 rings (SSSR count). The van der Waals surface area contributed by atoms with Crippen LogP contribution < -0.4 is 10.6 Å². The Hall–Kier alpha value is -1.89. The van der Waals surface area contributed by atoms with E-state index < -0.39 is 22.8 Å². The highest BCUT2D eigenvalue weighted by Crippen LogP contribution is 2.15. The number of aryl methyl sites for hydroxylation is 1. The fourth-order valence-corrected chi connectivity index (χ4v) is 2.55. The fraction of sp³-hybridized carbons (Fsp3) is 0.385. The summed E-state index contributed by atoms with van der Waals surface area (Å²) in [5.74, 6) is -0.623. The van der Waals surface area contributed by atoms with Crippen molar-refractivity contribution >= 4 is 28.5 Å². The average molecular weight is 298 g/mol. The maximum atomic E-state index is 11.7. The van der Waals surface area contributed by atoms with E-state index in [1.807, 2.05) is 0 Å². The van der Waals surface area contributed by atoms with Crippen LogP contribution in [0.25, 0.3) is 0 Å². The summed E-state index contributed by atoms with van der Waals surface area (Å²) in [6, 6.07) is 3.94. The third kappa shape index (κ3) is 5.00. The molecule has 7 heteroatoms. The molecule has 0 bridgehead atoms. The molecule has 3 N–H and O–H groups in total. The maximum Gasteiger partial charge on any atom is 0.335 e. The van der Waals surface area contributed by atoms with E-state index in [1.54, 1.807) is 26.2 Å². The zero-order chi connectivity index (χ0) is 15.3. The molecule has 0 aliphatic carbocycles. The first kappa shape index (κ1) is 16.2. The van der Waals surface area contributed by atoms with E-state index in [2.05, 4.69) is 10.6 Å². The van der Waals surface area contributed by atoms with Gasteiger partial charge in [-0.05, 0) is 37.6 Å². The van der Waals surface area contributed by atoms with Crippen LogP contribution in [-0.4, -0.2) is 39.4 Å². The first-order valence-electron chi connectivity index (χ1n) is 6.01. The number of hydrogen-bond acceptors (Lipinski definition) is 3. The Morgan fingerprint density at radius 2 is 2.05 bits per heavy atom. The lowest BCUT2D eigenvalue weighted by molar-refractivity contribution is 0.0696. The minimum Gasteiger partial charge on any atom is -0.478 e. The molecular formula is C13H18N2O4S. The molecule has 0 aliphatic heterocycles. The van der Waals surface area contributed by atoms with E-state index in [0.717, 1.165) is 0 Å². The van der Waals surface area contributed by atoms with Crippen molar-refractivity contribution in [2.45, 2.75) is 19.9 Å². The summed E-state index contributed by atoms with van der Waals surface area (Å²) in [4.78, 5) is 22.6. The number of urea groups is 1. The van der Waals surface area contributed by atoms with Gasteiger partial charge in [-0.3, -0.25) is 4.21 Å². The van der Waals surface area contributed by atoms with Gasteiger partial charge < -0.3 is 15.7 Å². The van der Waals surface area contributed by atoms with E-state index in [4.69, 9.17) is 5.11 Å². The number of aromatic carboxylic acids is 1. The van der Waals surface area contributed by atoms with Crippen LogP contribution in [0.15, 0.2) is 18.2 Å². The zero-order valence-corrected chi connectivity index (χ0v) is 12.4. The highest BCUT2D eigenvalue weighted by Gasteiger charge is 2.11. The zero-order valence-electron chi connectivity index (χ0n) is 11.6. The van der Waals surface area contributed by atoms with Gasteiger partial charge in [0.1, 0.15) is 0 Å². The monoisotopic (exact) mass is 298 g/mol. The van der Waals surface area contributed by atoms with E-state index in [1.165, 1.54) is 12.1 Å². The number of anilines is 1. The van der Waals surface area contributed by atoms with Crippen LogP contribution in [0.3, 0.4) is 0 Å². The van der Waals surface area contributed by atoms with Crippen molar-refractivity contribution in [3.05, 3.63) is 29.3 Å². The number of benzene rings is 1. The van der Waals surface area contributed by atoms with Gasteiger partial charge in [0.05, 0.1) is 5.56 Å². The molecule has 0 radical (unpaired) electrons. The Balaban J connectivity index is 2.65. The van der Waals surface area contributed by atoms with Gasteiger partial charge >= 0.3 is 12.0 Å². The van der Waals surface area contributed by atoms with Gasteiger partial charge in [-0.2, -0.15) is 0 Å². The largest absolute Gasteiger partial charge is 0.478 e. The molecule has 0 saturated heterocycles. The smallest absolute Gasteiger partial charge is 0.335 e. The van der Waals surface area contributed by atoms with Crippen molar-refractivity contribution in [3.63, 3.8) is 0 Å². The van der Waals surface area contributed by atoms with Crippen molar-refractivity contribution < 1.29 is 18.9 Å². The van der Waals surface area contributed by atoms with Crippen molar-refractivity contribution in [1.29, 1.82) is 0 Å². The number of carboxylic acid groups (broad SMARTS) is 1. The second-order valence-corrected chi connectivity index (χ2v) is 6.05. The first-order chi connectivity index (χ1) is 9.29. The van der Waals surface area contributed by atoms with Gasteiger partial charge in [0.15, 0.2) is 0 Å². The average Bonchev–Trinajstić information content (AvgIpc) is 2.26. The summed E-state index contributed by atoms with van der Waals surface area (Å²) in [6.07, 6.45) is 1.57. The molecule has 2 unspecified atom stereocenters. The number of carbonyl (C=O) groups excluding carboxylic acids is 1. The number of nitrogens with one attached hydrogen (secondary N) is 2. The van der Waals surface area contributed by atoms with Crippen LogP contribution in [-0.2, 0) is 10.8 Å². The van der Waals surface area contributed by atoms with Crippen LogP contribution in [0.1, 0.15) is 22.8 Å². The highest BCUT2D eigenvalue weighted by atomic mass is 32.2. The molecule has 1 aromatic rings. The predicted octanol–water partition coefficient (Wildman–Crippen LogP) is 1.58. The van der Waals surface area contributed by atoms with Crippen molar-refractivity contribution in [2.75, 3.05) is 17.3 Å². The van der Waals surface area contributed by atoms with E-state index in [9.17, 15) is 13.8 Å². The number of carboxylic acids is 1. The molecule has 2 atom stereocenters. The predicted molar refractivity (Wildman–Crippen MR) is 78.7 cm³/mol. The Bertz CT molecular complexity index is 545. The molecule has 20 heavy (non-hydrogen) atoms. The Morgan fingerprint density at radius 3 is 2.55 bits per heavy atom. The normalized spacial score (nSPS) is 13.3. The van der Waals surface area contributed by atoms with Gasteiger partial charge in [-0.25, -0.2) is 9.59 Å². The molecule has 0 saturated carbocycles. The summed E-state index contributed by atoms with van der Waals surface area (Å²) in [5, 5.41) is 14.2. The first-order valence-corrected chi connectivity index (χ1v) is 7.73. The standard InChI is InChI=1S/C13H18N2O4S/c1-8-6-10(4-5-11(8)12(16)17)15-13(18)14-9(2)7-20(3)19/h4-6,9H,7H2,1-3H3,(H,16,17)(H2,14,15,18). The lowest BCUT2D eigenvalue weighted by Crippen LogP contribution is -2.39. The number of rotatable bonds is 5. The quantitative estimate of drug-likeness (QED) is 0.769. The summed E-state index contributed by atoms with van der Waals surface area (Å²) >= 11 is 0. The lowest BCUT2D eigenvalue weighted by atomic mass is 10.1. The molecule has 1 aromatic carbocycles. The van der Waals surface area contributed by atoms with Gasteiger partial charge in [-0.15, -0.1) is 0 Å². The van der Waals surface area contributed by atoms with Gasteiger partial charge in [0.2, 0.25) is 0 Å². The van der Waals surface area contributed by atoms with Gasteiger partial charge in [-0.1, -0.05) is 0 Å². The van der Waals surface area contributed by atoms with Crippen LogP contribution in [0, 0.1) is 6.92 Å². The SMILES string of the molecule is Cc1cc(NC(=O)NC(C)CS(C)=O)ccc1C(=O)O. The lowest BCUT2D eigenvalue weighted by Gasteiger charge is -2.14. The highest BCUT2D eigenvalue weighted by molar-refractivity contribution is 7.84. The van der Waals surface area contributed by atoms with Crippen molar-refractivity contribution in [3.8, 4) is 0 Å². The van der Waals surface area contributed by atoms with E-state index >= 15 is 0 Å². The van der Waals surface area contributed by atoms with Crippen LogP contribution >= 0.6 is 0 Å². The maximum absolute atomic E-state index is 11.7. The Morgan fingerprint density at radius 1 is 1.40 bits per heavy atom. The van der Waals surface area contributed by atoms with Crippen molar-refractivity contribution in [2.24, 2.45) is 0 Å². The van der Waals surface area contributed by atoms with Crippen LogP contribution in [0.2, 0.25) is 0 Å². The van der Waals surface area contributed by atoms with Crippen molar-refractivity contribution in [1.82, 2.24) is 5.32 Å². The van der Waals surface area contributed by atoms with Gasteiger partial charge in [0.25, 0.3) is 0 Å². The molecule has 110 valence electrons. The second-order valence-electron chi connectivity index (χ2n) is 4.57. The Kier molecular flexibility index (Phi) is 5.69. The molecule has 0 aliphatic rings. The summed E-state index contributed by atoms with van der Waals surface area (Å²) in [7, 11) is -0.978. The Labute approximate surface area is 120 Å². The number of hydrogen-bond donors (Lipinski definition) is 3. The fourth-order valence-electron chi connectivity index (χ4n) is 1.77. The summed E-state index contributed by atoms with van der Waals surface area (Å²) in [6.45, 7) is 3.43. The molecule has 0 heterocycles. The third-order valence-corrected chi connectivity index (χ3v) is 3.55. The minimum atomic E-state index is -1.00. The summed E-state index contributed by atoms with van der Waals surface area (Å²) < 4.78 is 11.0. The van der Waals surface area contributed by atoms with Crippen LogP contribution in [0.5, 0.6) is 0 Å². The topological polar surface area (TPSA) is 95.5 Å². The molecule has 6 nitrogen and oxygen atoms in total. The summed E-state index contributed by atoms with van der Waals surface area (Å²) in [5.41, 5.74) is 1.28. The van der Waals surface area contributed by atoms with E-state index in [0.29, 0.717) is 17.0 Å². The molecule has 0 spiro atoms. The molecule has 0 fully saturated rings. The van der Waals surface area contributed by atoms with Gasteiger partial charge in [0, 0.05) is 34.5 Å². The molecule has 2 amide bonds. The van der Waals surface area contributed by atoms with Crippen LogP contribution in [0.4, 0.5) is 10.5 Å².